The van der Waals surface area contributed by atoms with Gasteiger partial charge in [-0.2, -0.15) is 0 Å². The minimum Gasteiger partial charge on any atom is -0.0984 e. The second kappa shape index (κ2) is 25.2. The van der Waals surface area contributed by atoms with Gasteiger partial charge < -0.3 is 0 Å². The molecule has 5 aliphatic rings. The molecular weight excluding hydrogens is 1070 g/mol. The minimum absolute atomic E-state index is 0.0185. The normalized spacial score (nSPS) is 20.6. The molecule has 1 fully saturated rings. The molecule has 5 unspecified atom stereocenters. The minimum atomic E-state index is -0.0185. The van der Waals surface area contributed by atoms with E-state index in [0.717, 1.165) is 31.3 Å². The molecular formula is C88H89B. The molecule has 1 heteroatoms. The van der Waals surface area contributed by atoms with Crippen molar-refractivity contribution < 1.29 is 0 Å². The molecule has 0 spiro atoms. The number of hydrogen-bond donors (Lipinski definition) is 0. The van der Waals surface area contributed by atoms with E-state index in [1.54, 1.807) is 5.47 Å². The summed E-state index contributed by atoms with van der Waals surface area (Å²) >= 11 is 0. The van der Waals surface area contributed by atoms with Crippen molar-refractivity contribution in [2.75, 3.05) is 0 Å². The molecule has 0 aliphatic heterocycles. The highest BCUT2D eigenvalue weighted by Crippen LogP contribution is 2.59. The second-order valence-electron chi connectivity index (χ2n) is 26.7. The van der Waals surface area contributed by atoms with Gasteiger partial charge in [0, 0.05) is 5.41 Å². The molecule has 0 nitrogen and oxygen atoms in total. The van der Waals surface area contributed by atoms with Crippen molar-refractivity contribution in [3.63, 3.8) is 0 Å². The largest absolute Gasteiger partial charge is 0.239 e. The lowest BCUT2D eigenvalue weighted by molar-refractivity contribution is 0.548. The van der Waals surface area contributed by atoms with Gasteiger partial charge in [-0.15, -0.1) is 0 Å². The summed E-state index contributed by atoms with van der Waals surface area (Å²) in [4.78, 5) is 0. The van der Waals surface area contributed by atoms with Crippen molar-refractivity contribution in [1.29, 1.82) is 0 Å². The Morgan fingerprint density at radius 2 is 1.13 bits per heavy atom. The molecule has 444 valence electrons. The highest BCUT2D eigenvalue weighted by molar-refractivity contribution is 6.92. The number of rotatable bonds is 15. The molecule has 7 aromatic carbocycles. The van der Waals surface area contributed by atoms with E-state index in [2.05, 4.69) is 309 Å². The van der Waals surface area contributed by atoms with Crippen LogP contribution in [-0.2, 0) is 5.41 Å². The highest BCUT2D eigenvalue weighted by atomic mass is 14.6. The second-order valence-corrected chi connectivity index (χ2v) is 26.7. The average Bonchev–Trinajstić information content (AvgIpc) is 1.75. The van der Waals surface area contributed by atoms with Crippen LogP contribution in [0.3, 0.4) is 0 Å². The summed E-state index contributed by atoms with van der Waals surface area (Å²) in [6.45, 7) is 36.3. The van der Waals surface area contributed by atoms with Gasteiger partial charge in [0.2, 0.25) is 6.71 Å². The van der Waals surface area contributed by atoms with Crippen LogP contribution < -0.4 is 10.9 Å². The van der Waals surface area contributed by atoms with Crippen LogP contribution in [0.15, 0.2) is 247 Å². The van der Waals surface area contributed by atoms with Crippen molar-refractivity contribution >= 4 is 39.9 Å². The fraction of sp³-hybridized carbons (Fsp3) is 0.250. The lowest BCUT2D eigenvalue weighted by Crippen LogP contribution is -2.53. The van der Waals surface area contributed by atoms with Crippen molar-refractivity contribution in [1.82, 2.24) is 0 Å². The van der Waals surface area contributed by atoms with Gasteiger partial charge in [0.05, 0.1) is 0 Å². The Morgan fingerprint density at radius 1 is 0.551 bits per heavy atom. The van der Waals surface area contributed by atoms with E-state index in [1.807, 2.05) is 6.08 Å². The van der Waals surface area contributed by atoms with Crippen LogP contribution in [-0.4, -0.2) is 6.71 Å². The summed E-state index contributed by atoms with van der Waals surface area (Å²) < 4.78 is 0. The van der Waals surface area contributed by atoms with Crippen molar-refractivity contribution in [2.24, 2.45) is 23.7 Å². The zero-order chi connectivity index (χ0) is 62.4. The quantitative estimate of drug-likeness (QED) is 0.0709. The Hall–Kier alpha value is -8.52. The van der Waals surface area contributed by atoms with Crippen LogP contribution in [0.25, 0.3) is 55.7 Å². The first-order chi connectivity index (χ1) is 43.0. The molecule has 5 atom stereocenters. The van der Waals surface area contributed by atoms with Crippen molar-refractivity contribution in [3.05, 3.63) is 320 Å². The highest BCUT2D eigenvalue weighted by Gasteiger charge is 2.53. The Bertz CT molecular complexity index is 4280. The van der Waals surface area contributed by atoms with E-state index in [0.29, 0.717) is 11.8 Å². The molecule has 7 aromatic rings. The van der Waals surface area contributed by atoms with Crippen LogP contribution in [0.4, 0.5) is 0 Å². The Morgan fingerprint density at radius 3 is 1.76 bits per heavy atom. The molecule has 0 radical (unpaired) electrons. The summed E-state index contributed by atoms with van der Waals surface area (Å²) in [7, 11) is 0. The first-order valence-electron chi connectivity index (χ1n) is 32.9. The molecule has 0 bridgehead atoms. The van der Waals surface area contributed by atoms with Crippen molar-refractivity contribution in [2.45, 2.75) is 121 Å². The van der Waals surface area contributed by atoms with E-state index >= 15 is 0 Å². The molecule has 89 heavy (non-hydrogen) atoms. The zero-order valence-electron chi connectivity index (χ0n) is 55.2. The SMILES string of the molecule is C=C/C(=C\C(=C/CC1=CCC=CC=C1)c1c(C)c(C)c(B(C2=C(C)C(C)=C(c3cc(-c4ccccc4)cc(C45C=CC=CC4C5)c3)C(C)C2C)c2c(C)c(C)c(-c3cc(C4=CC=CC(C)C4)cc(-c4ccccc4)c3)c(C)c2C)c(C)c1C)c1ccccc1. The third-order valence-electron chi connectivity index (χ3n) is 21.7. The molecule has 0 amide bonds. The van der Waals surface area contributed by atoms with E-state index < -0.39 is 0 Å². The van der Waals surface area contributed by atoms with Gasteiger partial charge in [-0.05, 0) is 266 Å². The molecule has 0 saturated heterocycles. The summed E-state index contributed by atoms with van der Waals surface area (Å²) in [6, 6.07) is 47.9. The summed E-state index contributed by atoms with van der Waals surface area (Å²) in [5, 5.41) is 0. The number of fused-ring (bicyclic) bond motifs is 1. The Balaban J connectivity index is 1.10. The summed E-state index contributed by atoms with van der Waals surface area (Å²) in [5.74, 6) is 1.48. The maximum atomic E-state index is 4.41. The fourth-order valence-corrected chi connectivity index (χ4v) is 16.0. The molecule has 0 N–H and O–H groups in total. The molecule has 12 rings (SSSR count). The fourth-order valence-electron chi connectivity index (χ4n) is 16.0. The third kappa shape index (κ3) is 11.4. The van der Waals surface area contributed by atoms with E-state index in [9.17, 15) is 0 Å². The zero-order valence-corrected chi connectivity index (χ0v) is 55.2. The van der Waals surface area contributed by atoms with Crippen molar-refractivity contribution in [3.8, 4) is 33.4 Å². The predicted molar refractivity (Wildman–Crippen MR) is 389 cm³/mol. The topological polar surface area (TPSA) is 0 Å². The van der Waals surface area contributed by atoms with Gasteiger partial charge in [-0.3, -0.25) is 0 Å². The third-order valence-corrected chi connectivity index (χ3v) is 21.7. The molecule has 0 aromatic heterocycles. The monoisotopic (exact) mass is 1160 g/mol. The van der Waals surface area contributed by atoms with E-state index in [-0.39, 0.29) is 24.0 Å². The van der Waals surface area contributed by atoms with Crippen LogP contribution in [0, 0.1) is 79.1 Å². The van der Waals surface area contributed by atoms with Crippen LogP contribution in [0.1, 0.15) is 133 Å². The predicted octanol–water partition coefficient (Wildman–Crippen LogP) is 22.2. The van der Waals surface area contributed by atoms with Gasteiger partial charge in [0.15, 0.2) is 0 Å². The maximum Gasteiger partial charge on any atom is 0.239 e. The standard InChI is InChI=1S/C88H89B/c1-15-69(70-35-23-18-24-36-70)47-74(44-43-68-33-21-16-17-22-34-68)82-56(3)62(9)85(63(10)57(82)4)89(86-64(11)58(5)83(59(6)65(86)12)78-49-75(71-37-25-19-26-38-71)48-76(50-78)73-41-31-32-55(2)46-73)87-66(13)60(7)84(61(8)67(87)14)79-51-77(72-39-27-20-28-40-72)52-81(53-79)88-45-30-29-42-80(88)54-88/h15-21,23-42,44-45,47-53,55,60,66,80H,1,22,43,46,54H2,2-14H3/b69-47+,74-44+. The van der Waals surface area contributed by atoms with Gasteiger partial charge in [-0.25, -0.2) is 0 Å². The Kier molecular flexibility index (Phi) is 17.2. The number of benzene rings is 7. The summed E-state index contributed by atoms with van der Waals surface area (Å²) in [6.07, 6.45) is 38.5. The lowest BCUT2D eigenvalue weighted by Gasteiger charge is -2.40. The van der Waals surface area contributed by atoms with Crippen LogP contribution in [0.5, 0.6) is 0 Å². The molecule has 1 saturated carbocycles. The van der Waals surface area contributed by atoms with E-state index in [1.165, 1.54) is 150 Å². The first kappa shape index (κ1) is 60.8. The average molecular weight is 1160 g/mol. The maximum absolute atomic E-state index is 4.41. The number of hydrogen-bond acceptors (Lipinski definition) is 0. The molecule has 0 heterocycles. The lowest BCUT2D eigenvalue weighted by atomic mass is 9.30. The van der Waals surface area contributed by atoms with Gasteiger partial charge in [-0.1, -0.05) is 260 Å². The molecule has 5 aliphatic carbocycles. The Labute approximate surface area is 534 Å². The smallest absolute Gasteiger partial charge is 0.0984 e. The van der Waals surface area contributed by atoms with Gasteiger partial charge in [0.1, 0.15) is 0 Å². The van der Waals surface area contributed by atoms with Crippen LogP contribution in [0.2, 0.25) is 0 Å². The first-order valence-corrected chi connectivity index (χ1v) is 32.9. The van der Waals surface area contributed by atoms with Gasteiger partial charge in [0.25, 0.3) is 0 Å². The number of allylic oxidation sites excluding steroid dienone is 23. The van der Waals surface area contributed by atoms with Crippen LogP contribution >= 0.6 is 0 Å². The summed E-state index contributed by atoms with van der Waals surface area (Å²) in [5.41, 5.74) is 39.1. The van der Waals surface area contributed by atoms with Gasteiger partial charge >= 0.3 is 0 Å². The van der Waals surface area contributed by atoms with E-state index in [4.69, 9.17) is 0 Å².